The molecule has 0 aliphatic rings. The normalized spacial score (nSPS) is 10.6. The number of nitrogens with zero attached hydrogens (tertiary/aromatic N) is 2. The molecule has 0 saturated heterocycles. The van der Waals surface area contributed by atoms with Crippen LogP contribution in [-0.4, -0.2) is 26.5 Å². The van der Waals surface area contributed by atoms with Crippen molar-refractivity contribution in [3.05, 3.63) is 17.0 Å². The molecule has 0 radical (unpaired) electrons. The second-order valence-corrected chi connectivity index (χ2v) is 3.57. The van der Waals surface area contributed by atoms with Crippen LogP contribution in [0.15, 0.2) is 5.10 Å². The van der Waals surface area contributed by atoms with E-state index in [1.54, 1.807) is 13.8 Å². The Balaban J connectivity index is 3.12. The number of pyridine rings is 1. The molecule has 0 unspecified atom stereocenters. The van der Waals surface area contributed by atoms with E-state index in [9.17, 15) is 10.2 Å². The molecule has 0 aliphatic carbocycles. The SMILES string of the molecule is Cc1nc(C)c(O)c(C=NNC(N)=S)c1O. The van der Waals surface area contributed by atoms with Gasteiger partial charge in [0.25, 0.3) is 0 Å². The predicted molar refractivity (Wildman–Crippen MR) is 64.6 cm³/mol. The summed E-state index contributed by atoms with van der Waals surface area (Å²) in [4.78, 5) is 3.94. The summed E-state index contributed by atoms with van der Waals surface area (Å²) in [7, 11) is 0. The highest BCUT2D eigenvalue weighted by atomic mass is 32.1. The maximum absolute atomic E-state index is 9.66. The van der Waals surface area contributed by atoms with Gasteiger partial charge < -0.3 is 15.9 Å². The molecule has 0 amide bonds. The molecule has 0 saturated carbocycles. The van der Waals surface area contributed by atoms with Crippen LogP contribution < -0.4 is 11.2 Å². The number of hydrazone groups is 1. The van der Waals surface area contributed by atoms with Gasteiger partial charge in [-0.2, -0.15) is 5.10 Å². The second kappa shape index (κ2) is 4.75. The number of hydrogen-bond acceptors (Lipinski definition) is 5. The Labute approximate surface area is 97.8 Å². The van der Waals surface area contributed by atoms with E-state index in [-0.39, 0.29) is 22.2 Å². The van der Waals surface area contributed by atoms with Crippen LogP contribution in [0, 0.1) is 13.8 Å². The summed E-state index contributed by atoms with van der Waals surface area (Å²) in [6.45, 7) is 3.25. The highest BCUT2D eigenvalue weighted by Crippen LogP contribution is 2.29. The van der Waals surface area contributed by atoms with Crippen LogP contribution in [0.3, 0.4) is 0 Å². The summed E-state index contributed by atoms with van der Waals surface area (Å²) < 4.78 is 0. The highest BCUT2D eigenvalue weighted by Gasteiger charge is 2.12. The molecule has 0 bridgehead atoms. The summed E-state index contributed by atoms with van der Waals surface area (Å²) in [5, 5.41) is 23.0. The third kappa shape index (κ3) is 2.57. The first-order valence-corrected chi connectivity index (χ1v) is 4.82. The Bertz CT molecular complexity index is 433. The largest absolute Gasteiger partial charge is 0.505 e. The molecule has 7 heteroatoms. The van der Waals surface area contributed by atoms with Crippen LogP contribution >= 0.6 is 12.2 Å². The monoisotopic (exact) mass is 240 g/mol. The summed E-state index contributed by atoms with van der Waals surface area (Å²) in [6.07, 6.45) is 1.23. The Morgan fingerprint density at radius 2 is 1.88 bits per heavy atom. The second-order valence-electron chi connectivity index (χ2n) is 3.13. The first kappa shape index (κ1) is 12.2. The number of hydrogen-bond donors (Lipinski definition) is 4. The average molecular weight is 240 g/mol. The molecule has 1 aromatic heterocycles. The van der Waals surface area contributed by atoms with Crippen molar-refractivity contribution in [3.63, 3.8) is 0 Å². The maximum Gasteiger partial charge on any atom is 0.184 e. The van der Waals surface area contributed by atoms with Gasteiger partial charge in [-0.3, -0.25) is 10.4 Å². The van der Waals surface area contributed by atoms with Gasteiger partial charge in [0.1, 0.15) is 11.5 Å². The molecule has 1 aromatic rings. The third-order valence-electron chi connectivity index (χ3n) is 1.90. The van der Waals surface area contributed by atoms with Crippen LogP contribution in [0.25, 0.3) is 0 Å². The predicted octanol–water partition coefficient (Wildman–Crippen LogP) is 0.277. The zero-order valence-electron chi connectivity index (χ0n) is 8.85. The molecule has 16 heavy (non-hydrogen) atoms. The van der Waals surface area contributed by atoms with Crippen molar-refractivity contribution in [1.29, 1.82) is 0 Å². The highest BCUT2D eigenvalue weighted by molar-refractivity contribution is 7.80. The van der Waals surface area contributed by atoms with Gasteiger partial charge in [-0.05, 0) is 26.1 Å². The molecule has 0 aliphatic heterocycles. The zero-order chi connectivity index (χ0) is 12.3. The number of nitrogens with one attached hydrogen (secondary N) is 1. The number of rotatable bonds is 2. The molecule has 0 aromatic carbocycles. The van der Waals surface area contributed by atoms with Crippen LogP contribution in [0.2, 0.25) is 0 Å². The van der Waals surface area contributed by atoms with Crippen molar-refractivity contribution < 1.29 is 10.2 Å². The van der Waals surface area contributed by atoms with Crippen molar-refractivity contribution in [2.24, 2.45) is 10.8 Å². The fourth-order valence-corrected chi connectivity index (χ4v) is 1.19. The topological polar surface area (TPSA) is 104 Å². The van der Waals surface area contributed by atoms with Crippen molar-refractivity contribution in [2.45, 2.75) is 13.8 Å². The molecule has 86 valence electrons. The van der Waals surface area contributed by atoms with Crippen molar-refractivity contribution >= 4 is 23.5 Å². The molecular formula is C9H12N4O2S. The number of aromatic nitrogens is 1. The van der Waals surface area contributed by atoms with Gasteiger partial charge in [0.05, 0.1) is 23.2 Å². The van der Waals surface area contributed by atoms with E-state index in [2.05, 4.69) is 27.7 Å². The minimum atomic E-state index is -0.128. The Kier molecular flexibility index (Phi) is 3.62. The summed E-state index contributed by atoms with van der Waals surface area (Å²) >= 11 is 4.54. The average Bonchev–Trinajstić information content (AvgIpc) is 2.20. The molecule has 6 nitrogen and oxygen atoms in total. The van der Waals surface area contributed by atoms with E-state index < -0.39 is 0 Å². The third-order valence-corrected chi connectivity index (χ3v) is 1.99. The number of aromatic hydroxyl groups is 2. The number of aryl methyl sites for hydroxylation is 2. The lowest BCUT2D eigenvalue weighted by atomic mass is 10.1. The molecular weight excluding hydrogens is 228 g/mol. The molecule has 0 spiro atoms. The van der Waals surface area contributed by atoms with Crippen molar-refractivity contribution in [1.82, 2.24) is 10.4 Å². The molecule has 0 fully saturated rings. The van der Waals surface area contributed by atoms with Gasteiger partial charge in [-0.25, -0.2) is 0 Å². The number of nitrogens with two attached hydrogens (primary N) is 1. The minimum absolute atomic E-state index is 0.00210. The van der Waals surface area contributed by atoms with Crippen LogP contribution in [-0.2, 0) is 0 Å². The fourth-order valence-electron chi connectivity index (χ4n) is 1.14. The van der Waals surface area contributed by atoms with Crippen LogP contribution in [0.1, 0.15) is 17.0 Å². The van der Waals surface area contributed by atoms with Crippen LogP contribution in [0.4, 0.5) is 0 Å². The molecule has 0 atom stereocenters. The standard InChI is InChI=1S/C9H12N4O2S/c1-4-7(14)6(3-11-13-9(10)16)8(15)5(2)12-4/h3,14-15H,1-2H3,(H3,10,13,16). The first-order valence-electron chi connectivity index (χ1n) is 4.41. The van der Waals surface area contributed by atoms with Gasteiger partial charge in [-0.15, -0.1) is 0 Å². The van der Waals surface area contributed by atoms with Gasteiger partial charge in [-0.1, -0.05) is 0 Å². The van der Waals surface area contributed by atoms with Gasteiger partial charge in [0, 0.05) is 0 Å². The molecule has 1 rings (SSSR count). The van der Waals surface area contributed by atoms with E-state index in [0.29, 0.717) is 11.4 Å². The fraction of sp³-hybridized carbons (Fsp3) is 0.222. The summed E-state index contributed by atoms with van der Waals surface area (Å²) in [6, 6.07) is 0. The first-order chi connectivity index (χ1) is 7.43. The summed E-state index contributed by atoms with van der Waals surface area (Å²) in [5.74, 6) is -0.256. The quantitative estimate of drug-likeness (QED) is 0.336. The zero-order valence-corrected chi connectivity index (χ0v) is 9.67. The van der Waals surface area contributed by atoms with E-state index in [4.69, 9.17) is 5.73 Å². The number of thiocarbonyl (C=S) groups is 1. The smallest absolute Gasteiger partial charge is 0.184 e. The van der Waals surface area contributed by atoms with Gasteiger partial charge in [0.2, 0.25) is 0 Å². The molecule has 1 heterocycles. The van der Waals surface area contributed by atoms with Crippen LogP contribution in [0.5, 0.6) is 11.5 Å². The lowest BCUT2D eigenvalue weighted by Gasteiger charge is -2.07. The van der Waals surface area contributed by atoms with Crippen molar-refractivity contribution in [3.8, 4) is 11.5 Å². The van der Waals surface area contributed by atoms with E-state index in [1.807, 2.05) is 0 Å². The van der Waals surface area contributed by atoms with Gasteiger partial charge in [0.15, 0.2) is 5.11 Å². The Morgan fingerprint density at radius 1 is 1.38 bits per heavy atom. The van der Waals surface area contributed by atoms with E-state index in [0.717, 1.165) is 0 Å². The molecule has 5 N–H and O–H groups in total. The Morgan fingerprint density at radius 3 is 2.31 bits per heavy atom. The lowest BCUT2D eigenvalue weighted by Crippen LogP contribution is -2.24. The maximum atomic E-state index is 9.66. The Hall–Kier alpha value is -1.89. The minimum Gasteiger partial charge on any atom is -0.505 e. The van der Waals surface area contributed by atoms with Gasteiger partial charge >= 0.3 is 0 Å². The van der Waals surface area contributed by atoms with E-state index >= 15 is 0 Å². The van der Waals surface area contributed by atoms with Crippen molar-refractivity contribution in [2.75, 3.05) is 0 Å². The summed E-state index contributed by atoms with van der Waals surface area (Å²) in [5.41, 5.74) is 8.48. The lowest BCUT2D eigenvalue weighted by molar-refractivity contribution is 0.437. The van der Waals surface area contributed by atoms with E-state index in [1.165, 1.54) is 6.21 Å².